The quantitative estimate of drug-likeness (QED) is 0.335. The number of fused-ring (bicyclic) bond motifs is 2. The highest BCUT2D eigenvalue weighted by Crippen LogP contribution is 2.56. The molecule has 1 aliphatic carbocycles. The van der Waals surface area contributed by atoms with Crippen LogP contribution in [0.2, 0.25) is 0 Å². The first kappa shape index (κ1) is 24.7. The SMILES string of the molecule is Nc1ncnc2c1ncn2[C@H]1CC[C@@H](COc2cccc(CC[C@]3(O)c4ccccc4[C@@H](O)C3(F)F)c2)O1. The van der Waals surface area contributed by atoms with Crippen LogP contribution in [0.15, 0.2) is 61.2 Å². The number of aliphatic hydroxyl groups is 2. The Bertz CT molecular complexity index is 1480. The van der Waals surface area contributed by atoms with Gasteiger partial charge >= 0.3 is 5.92 Å². The number of nitrogens with zero attached hydrogens (tertiary/aromatic N) is 4. The molecule has 1 fully saturated rings. The van der Waals surface area contributed by atoms with E-state index in [2.05, 4.69) is 15.0 Å². The highest BCUT2D eigenvalue weighted by molar-refractivity contribution is 5.81. The maximum Gasteiger partial charge on any atom is 0.309 e. The van der Waals surface area contributed by atoms with Crippen LogP contribution in [0.4, 0.5) is 14.6 Å². The van der Waals surface area contributed by atoms with Crippen LogP contribution in [0.25, 0.3) is 11.2 Å². The summed E-state index contributed by atoms with van der Waals surface area (Å²) >= 11 is 0. The molecule has 2 aliphatic rings. The smallest absolute Gasteiger partial charge is 0.309 e. The number of alkyl halides is 2. The molecule has 1 saturated heterocycles. The molecule has 0 spiro atoms. The Morgan fingerprint density at radius 1 is 1.11 bits per heavy atom. The summed E-state index contributed by atoms with van der Waals surface area (Å²) in [4.78, 5) is 12.5. The second kappa shape index (κ2) is 9.26. The fourth-order valence-corrected chi connectivity index (χ4v) is 5.41. The molecule has 198 valence electrons. The van der Waals surface area contributed by atoms with Crippen molar-refractivity contribution in [2.75, 3.05) is 12.3 Å². The zero-order valence-corrected chi connectivity index (χ0v) is 20.4. The number of aliphatic hydroxyl groups excluding tert-OH is 1. The third-order valence-electron chi connectivity index (χ3n) is 7.49. The normalized spacial score (nSPS) is 26.1. The topological polar surface area (TPSA) is 129 Å². The molecular formula is C27H27F2N5O4. The summed E-state index contributed by atoms with van der Waals surface area (Å²) in [6.45, 7) is 0.311. The van der Waals surface area contributed by atoms with Crippen LogP contribution < -0.4 is 10.5 Å². The molecule has 0 saturated carbocycles. The molecule has 0 radical (unpaired) electrons. The van der Waals surface area contributed by atoms with Crippen LogP contribution >= 0.6 is 0 Å². The van der Waals surface area contributed by atoms with Crippen LogP contribution in [0.5, 0.6) is 5.75 Å². The number of nitrogen functional groups attached to an aromatic ring is 1. The van der Waals surface area contributed by atoms with E-state index in [-0.39, 0.29) is 36.3 Å². The van der Waals surface area contributed by atoms with Gasteiger partial charge in [0.1, 0.15) is 36.5 Å². The van der Waals surface area contributed by atoms with Gasteiger partial charge in [0.2, 0.25) is 0 Å². The molecule has 38 heavy (non-hydrogen) atoms. The predicted molar refractivity (Wildman–Crippen MR) is 133 cm³/mol. The van der Waals surface area contributed by atoms with E-state index >= 15 is 0 Å². The van der Waals surface area contributed by atoms with E-state index in [4.69, 9.17) is 15.2 Å². The molecule has 11 heteroatoms. The third-order valence-corrected chi connectivity index (χ3v) is 7.49. The third kappa shape index (κ3) is 3.98. The molecule has 4 atom stereocenters. The molecule has 3 heterocycles. The predicted octanol–water partition coefficient (Wildman–Crippen LogP) is 3.67. The van der Waals surface area contributed by atoms with E-state index in [1.165, 1.54) is 18.5 Å². The van der Waals surface area contributed by atoms with Gasteiger partial charge in [-0.1, -0.05) is 36.4 Å². The van der Waals surface area contributed by atoms with Gasteiger partial charge < -0.3 is 25.4 Å². The minimum Gasteiger partial charge on any atom is -0.491 e. The molecule has 2 aromatic heterocycles. The largest absolute Gasteiger partial charge is 0.491 e. The summed E-state index contributed by atoms with van der Waals surface area (Å²) < 4.78 is 43.8. The Morgan fingerprint density at radius 3 is 2.82 bits per heavy atom. The number of ether oxygens (including phenoxy) is 2. The first-order valence-corrected chi connectivity index (χ1v) is 12.5. The number of rotatable bonds is 7. The molecule has 6 rings (SSSR count). The number of benzene rings is 2. The maximum atomic E-state index is 14.9. The number of aryl methyl sites for hydroxylation is 1. The molecule has 0 amide bonds. The number of halogens is 2. The van der Waals surface area contributed by atoms with E-state index in [9.17, 15) is 19.0 Å². The van der Waals surface area contributed by atoms with E-state index in [0.29, 0.717) is 29.3 Å². The molecule has 0 bridgehead atoms. The fraction of sp³-hybridized carbons (Fsp3) is 0.370. The molecule has 4 N–H and O–H groups in total. The van der Waals surface area contributed by atoms with Crippen molar-refractivity contribution in [3.63, 3.8) is 0 Å². The van der Waals surface area contributed by atoms with Gasteiger partial charge in [0.05, 0.1) is 12.4 Å². The Balaban J connectivity index is 1.09. The van der Waals surface area contributed by atoms with Gasteiger partial charge in [-0.3, -0.25) is 4.57 Å². The lowest BCUT2D eigenvalue weighted by molar-refractivity contribution is -0.226. The first-order valence-electron chi connectivity index (χ1n) is 12.5. The lowest BCUT2D eigenvalue weighted by Gasteiger charge is -2.32. The average molecular weight is 524 g/mol. The maximum absolute atomic E-state index is 14.9. The van der Waals surface area contributed by atoms with Crippen molar-refractivity contribution in [2.24, 2.45) is 0 Å². The second-order valence-electron chi connectivity index (χ2n) is 9.80. The summed E-state index contributed by atoms with van der Waals surface area (Å²) in [5.74, 6) is -2.80. The molecule has 9 nitrogen and oxygen atoms in total. The molecule has 1 aliphatic heterocycles. The average Bonchev–Trinajstić information content (AvgIpc) is 3.61. The first-order chi connectivity index (χ1) is 18.3. The lowest BCUT2D eigenvalue weighted by Crippen LogP contribution is -2.44. The summed E-state index contributed by atoms with van der Waals surface area (Å²) in [7, 11) is 0. The van der Waals surface area contributed by atoms with Crippen LogP contribution in [-0.2, 0) is 16.8 Å². The number of hydrogen-bond acceptors (Lipinski definition) is 8. The van der Waals surface area contributed by atoms with Gasteiger partial charge in [0, 0.05) is 0 Å². The monoisotopic (exact) mass is 523 g/mol. The Kier molecular flexibility index (Phi) is 6.01. The summed E-state index contributed by atoms with van der Waals surface area (Å²) in [5.41, 5.74) is 5.42. The van der Waals surface area contributed by atoms with Crippen molar-refractivity contribution in [3.8, 4) is 5.75 Å². The lowest BCUT2D eigenvalue weighted by atomic mass is 9.86. The molecule has 2 aromatic carbocycles. The van der Waals surface area contributed by atoms with Crippen molar-refractivity contribution in [2.45, 2.75) is 55.6 Å². The van der Waals surface area contributed by atoms with Gasteiger partial charge in [0.15, 0.2) is 17.1 Å². The minimum atomic E-state index is -3.69. The number of hydrogen-bond donors (Lipinski definition) is 3. The van der Waals surface area contributed by atoms with Crippen LogP contribution in [0, 0.1) is 0 Å². The van der Waals surface area contributed by atoms with Gasteiger partial charge in [-0.05, 0) is 54.5 Å². The Hall–Kier alpha value is -3.67. The van der Waals surface area contributed by atoms with E-state index < -0.39 is 17.6 Å². The highest BCUT2D eigenvalue weighted by atomic mass is 19.3. The number of imidazole rings is 1. The van der Waals surface area contributed by atoms with Crippen LogP contribution in [-0.4, -0.2) is 48.4 Å². The standard InChI is InChI=1S/C27H27F2N5O4/c28-27(29)23(35)19-6-1-2-7-20(19)26(27,36)11-10-16-4-3-5-17(12-16)37-13-18-8-9-21(38-18)34-15-33-22-24(30)31-14-32-25(22)34/h1-7,12,14-15,18,21,23,35-36H,8-11,13H2,(H2,30,31,32)/t18-,21+,23+,26-/m0/s1. The summed E-state index contributed by atoms with van der Waals surface area (Å²) in [6.07, 6.45) is 2.04. The summed E-state index contributed by atoms with van der Waals surface area (Å²) in [6, 6.07) is 13.2. The Morgan fingerprint density at radius 2 is 1.95 bits per heavy atom. The Labute approximate surface area is 216 Å². The minimum absolute atomic E-state index is 0.0616. The van der Waals surface area contributed by atoms with E-state index in [1.807, 2.05) is 4.57 Å². The van der Waals surface area contributed by atoms with Crippen LogP contribution in [0.1, 0.15) is 48.3 Å². The molecule has 0 unspecified atom stereocenters. The van der Waals surface area contributed by atoms with Gasteiger partial charge in [-0.25, -0.2) is 15.0 Å². The molecule has 4 aromatic rings. The number of nitrogens with two attached hydrogens (primary N) is 1. The highest BCUT2D eigenvalue weighted by Gasteiger charge is 2.64. The van der Waals surface area contributed by atoms with Gasteiger partial charge in [-0.15, -0.1) is 0 Å². The van der Waals surface area contributed by atoms with Gasteiger partial charge in [0.25, 0.3) is 0 Å². The van der Waals surface area contributed by atoms with Crippen molar-refractivity contribution >= 4 is 17.0 Å². The van der Waals surface area contributed by atoms with Crippen LogP contribution in [0.3, 0.4) is 0 Å². The zero-order valence-electron chi connectivity index (χ0n) is 20.4. The van der Waals surface area contributed by atoms with Crippen molar-refractivity contribution in [1.29, 1.82) is 0 Å². The second-order valence-corrected chi connectivity index (χ2v) is 9.80. The van der Waals surface area contributed by atoms with Gasteiger partial charge in [-0.2, -0.15) is 8.78 Å². The number of anilines is 1. The molecular weight excluding hydrogens is 496 g/mol. The number of aromatic nitrogens is 4. The van der Waals surface area contributed by atoms with Crippen molar-refractivity contribution < 1.29 is 28.5 Å². The van der Waals surface area contributed by atoms with E-state index in [0.717, 1.165) is 18.4 Å². The zero-order chi connectivity index (χ0) is 26.5. The van der Waals surface area contributed by atoms with Crippen molar-refractivity contribution in [1.82, 2.24) is 19.5 Å². The fourth-order valence-electron chi connectivity index (χ4n) is 5.41. The van der Waals surface area contributed by atoms with Crippen molar-refractivity contribution in [3.05, 3.63) is 77.9 Å². The van der Waals surface area contributed by atoms with E-state index in [1.54, 1.807) is 42.7 Å². The summed E-state index contributed by atoms with van der Waals surface area (Å²) in [5, 5.41) is 21.2.